The fraction of sp³-hybridized carbons (Fsp3) is 0.421. The van der Waals surface area contributed by atoms with E-state index in [1.165, 1.54) is 23.1 Å². The van der Waals surface area contributed by atoms with Crippen molar-refractivity contribution in [3.05, 3.63) is 71.3 Å². The Labute approximate surface area is 347 Å². The molecule has 0 unspecified atom stereocenters. The molecule has 0 atom stereocenters. The van der Waals surface area contributed by atoms with Gasteiger partial charge in [-0.05, 0) is 45.9 Å². The van der Waals surface area contributed by atoms with E-state index < -0.39 is 70.6 Å². The average molecular weight is 868 g/mol. The van der Waals surface area contributed by atoms with Crippen LogP contribution in [0.1, 0.15) is 49.2 Å². The zero-order valence-electron chi connectivity index (χ0n) is 32.7. The van der Waals surface area contributed by atoms with Crippen LogP contribution in [0, 0.1) is 10.1 Å². The smallest absolute Gasteiger partial charge is 0.338 e. The number of nitrogen functional groups attached to an aromatic ring is 1. The van der Waals surface area contributed by atoms with Crippen molar-refractivity contribution in [2.75, 3.05) is 71.6 Å². The summed E-state index contributed by atoms with van der Waals surface area (Å²) >= 11 is 13.3. The molecule has 4 N–H and O–H groups in total. The quantitative estimate of drug-likeness (QED) is 0.0160. The van der Waals surface area contributed by atoms with Gasteiger partial charge in [-0.25, -0.2) is 24.3 Å². The standard InChI is InChI=1S/C38H44Cl2N4O15/c1-5-53-29(45)19-43(20-30(46)54-6-2)18-25-35(48)27(40)16-23-31(21-9-10-28(44(51)52)33(41)32(21)38(49)50)22-15-26(39)34(47)24(36(22)59-37(23)25)17-42(11-13-57-55-7-3)12-14-58-56-8-4/h9-10,15-16,48H,5-8,11-14,17-20,41H2,1-4H3,(H,49,50). The van der Waals surface area contributed by atoms with Crippen molar-refractivity contribution >= 4 is 63.5 Å². The Morgan fingerprint density at radius 1 is 0.831 bits per heavy atom. The van der Waals surface area contributed by atoms with Gasteiger partial charge in [-0.15, -0.1) is 0 Å². The van der Waals surface area contributed by atoms with Crippen LogP contribution in [0.3, 0.4) is 0 Å². The molecule has 0 aromatic heterocycles. The lowest BCUT2D eigenvalue weighted by atomic mass is 9.87. The zero-order chi connectivity index (χ0) is 43.4. The fourth-order valence-corrected chi connectivity index (χ4v) is 6.71. The van der Waals surface area contributed by atoms with E-state index in [9.17, 15) is 39.5 Å². The third kappa shape index (κ3) is 11.3. The lowest BCUT2D eigenvalue weighted by molar-refractivity contribution is -0.383. The molecular formula is C38H44Cl2N4O15. The lowest BCUT2D eigenvalue weighted by Gasteiger charge is -2.26. The van der Waals surface area contributed by atoms with Gasteiger partial charge in [-0.1, -0.05) is 23.2 Å². The normalized spacial score (nSPS) is 11.5. The highest BCUT2D eigenvalue weighted by atomic mass is 35.5. The molecule has 0 saturated heterocycles. The lowest BCUT2D eigenvalue weighted by Crippen LogP contribution is -2.35. The van der Waals surface area contributed by atoms with E-state index in [-0.39, 0.29) is 114 Å². The topological polar surface area (TPSA) is 253 Å². The zero-order valence-corrected chi connectivity index (χ0v) is 34.2. The minimum absolute atomic E-state index is 0.000193. The number of nitro groups is 1. The Morgan fingerprint density at radius 3 is 1.93 bits per heavy atom. The Balaban J connectivity index is 2.14. The van der Waals surface area contributed by atoms with Gasteiger partial charge in [0.25, 0.3) is 5.69 Å². The molecule has 0 spiro atoms. The second-order valence-electron chi connectivity index (χ2n) is 12.6. The molecule has 2 aromatic carbocycles. The molecule has 1 heterocycles. The van der Waals surface area contributed by atoms with Gasteiger partial charge in [0.15, 0.2) is 0 Å². The highest BCUT2D eigenvalue weighted by Crippen LogP contribution is 2.49. The number of ether oxygens (including phenoxy) is 2. The summed E-state index contributed by atoms with van der Waals surface area (Å²) in [4.78, 5) is 87.0. The molecule has 21 heteroatoms. The largest absolute Gasteiger partial charge is 0.506 e. The molecule has 1 aliphatic carbocycles. The number of nitro benzene ring substituents is 1. The summed E-state index contributed by atoms with van der Waals surface area (Å²) < 4.78 is 16.8. The van der Waals surface area contributed by atoms with Crippen molar-refractivity contribution in [3.8, 4) is 28.2 Å². The van der Waals surface area contributed by atoms with Crippen molar-refractivity contribution in [2.24, 2.45) is 0 Å². The number of nitrogens with zero attached hydrogens (tertiary/aromatic N) is 3. The maximum Gasteiger partial charge on any atom is 0.338 e. The number of hydrogen-bond donors (Lipinski definition) is 3. The number of carbonyl (C=O) groups excluding carboxylic acids is 2. The van der Waals surface area contributed by atoms with Crippen LogP contribution in [-0.2, 0) is 51.7 Å². The van der Waals surface area contributed by atoms with Crippen LogP contribution >= 0.6 is 23.2 Å². The molecule has 1 aliphatic heterocycles. The summed E-state index contributed by atoms with van der Waals surface area (Å²) in [5.41, 5.74) is 3.03. The Morgan fingerprint density at radius 2 is 1.41 bits per heavy atom. The number of esters is 2. The second kappa shape index (κ2) is 21.8. The predicted molar refractivity (Wildman–Crippen MR) is 213 cm³/mol. The maximum absolute atomic E-state index is 14.1. The van der Waals surface area contributed by atoms with Gasteiger partial charge in [0.2, 0.25) is 5.43 Å². The third-order valence-electron chi connectivity index (χ3n) is 8.69. The summed E-state index contributed by atoms with van der Waals surface area (Å²) in [5, 5.41) is 33.4. The Bertz CT molecular complexity index is 2170. The van der Waals surface area contributed by atoms with E-state index in [1.807, 2.05) is 0 Å². The molecule has 4 rings (SSSR count). The van der Waals surface area contributed by atoms with E-state index >= 15 is 0 Å². The van der Waals surface area contributed by atoms with Gasteiger partial charge in [0.05, 0.1) is 84.4 Å². The number of phenolic OH excluding ortho intramolecular Hbond substituents is 1. The molecule has 0 saturated carbocycles. The van der Waals surface area contributed by atoms with Crippen LogP contribution in [0.2, 0.25) is 10.0 Å². The molecule has 320 valence electrons. The molecule has 0 radical (unpaired) electrons. The number of benzene rings is 3. The number of rotatable bonds is 23. The average Bonchev–Trinajstić information content (AvgIpc) is 3.17. The van der Waals surface area contributed by atoms with Crippen molar-refractivity contribution in [1.82, 2.24) is 9.80 Å². The first-order valence-corrected chi connectivity index (χ1v) is 19.1. The third-order valence-corrected chi connectivity index (χ3v) is 9.26. The van der Waals surface area contributed by atoms with Gasteiger partial charge in [-0.3, -0.25) is 34.3 Å². The number of phenols is 1. The van der Waals surface area contributed by atoms with Gasteiger partial charge in [-0.2, -0.15) is 0 Å². The van der Waals surface area contributed by atoms with E-state index in [4.69, 9.17) is 62.4 Å². The van der Waals surface area contributed by atoms with E-state index in [1.54, 1.807) is 32.6 Å². The van der Waals surface area contributed by atoms with Crippen molar-refractivity contribution in [3.63, 3.8) is 0 Å². The summed E-state index contributed by atoms with van der Waals surface area (Å²) in [6.07, 6.45) is 0. The van der Waals surface area contributed by atoms with Gasteiger partial charge < -0.3 is 29.8 Å². The molecule has 0 bridgehead atoms. The SMILES string of the molecule is CCOOCCN(CCOOCC)Cc1c2oc3c(CN(CC(=O)OCC)CC(=O)OCC)c(O)c(Cl)cc3c(-c3ccc([N+](=O)[O-])c(N)c3C(=O)O)c-2cc(Cl)c1=O. The highest BCUT2D eigenvalue weighted by molar-refractivity contribution is 6.33. The summed E-state index contributed by atoms with van der Waals surface area (Å²) in [6, 6.07) is 4.70. The molecular weight excluding hydrogens is 823 g/mol. The van der Waals surface area contributed by atoms with E-state index in [0.29, 0.717) is 0 Å². The van der Waals surface area contributed by atoms with Crippen molar-refractivity contribution in [2.45, 2.75) is 40.8 Å². The summed E-state index contributed by atoms with van der Waals surface area (Å²) in [7, 11) is 0. The molecule has 19 nitrogen and oxygen atoms in total. The number of anilines is 1. The van der Waals surface area contributed by atoms with Gasteiger partial charge >= 0.3 is 17.9 Å². The van der Waals surface area contributed by atoms with E-state index in [0.717, 1.165) is 6.07 Å². The van der Waals surface area contributed by atoms with Crippen molar-refractivity contribution < 1.29 is 63.0 Å². The number of hydrogen-bond acceptors (Lipinski definition) is 17. The number of halogens is 2. The summed E-state index contributed by atoms with van der Waals surface area (Å²) in [5.74, 6) is -3.75. The van der Waals surface area contributed by atoms with Gasteiger partial charge in [0.1, 0.15) is 22.8 Å². The van der Waals surface area contributed by atoms with E-state index in [2.05, 4.69) is 0 Å². The minimum atomic E-state index is -1.63. The van der Waals surface area contributed by atoms with Crippen LogP contribution in [0.5, 0.6) is 5.75 Å². The van der Waals surface area contributed by atoms with Crippen LogP contribution in [0.4, 0.5) is 11.4 Å². The second-order valence-corrected chi connectivity index (χ2v) is 13.4. The molecule has 2 aromatic rings. The number of aromatic hydroxyl groups is 1. The van der Waals surface area contributed by atoms with Gasteiger partial charge in [0, 0.05) is 54.3 Å². The monoisotopic (exact) mass is 866 g/mol. The first-order chi connectivity index (χ1) is 28.2. The molecule has 0 fully saturated rings. The number of carboxylic acids is 1. The minimum Gasteiger partial charge on any atom is -0.506 e. The first kappa shape index (κ1) is 46.6. The molecule has 59 heavy (non-hydrogen) atoms. The number of aromatic carboxylic acids is 1. The predicted octanol–water partition coefficient (Wildman–Crippen LogP) is 5.43. The Hall–Kier alpha value is -5.12. The molecule has 2 aliphatic rings. The van der Waals surface area contributed by atoms with Crippen LogP contribution in [0.25, 0.3) is 33.4 Å². The number of nitrogens with two attached hydrogens (primary N) is 1. The maximum atomic E-state index is 14.1. The number of fused-ring (bicyclic) bond motifs is 2. The molecule has 0 amide bonds. The number of carbonyl (C=O) groups is 3. The van der Waals surface area contributed by atoms with Crippen LogP contribution < -0.4 is 11.2 Å². The van der Waals surface area contributed by atoms with Crippen molar-refractivity contribution in [1.29, 1.82) is 0 Å². The summed E-state index contributed by atoms with van der Waals surface area (Å²) in [6.45, 7) is 6.24. The Kier molecular flexibility index (Phi) is 17.2. The number of carboxylic acid groups (broad SMARTS) is 1. The highest BCUT2D eigenvalue weighted by Gasteiger charge is 2.33. The fourth-order valence-electron chi connectivity index (χ4n) is 6.26. The first-order valence-electron chi connectivity index (χ1n) is 18.4. The van der Waals surface area contributed by atoms with Crippen LogP contribution in [0.15, 0.2) is 33.5 Å². The van der Waals surface area contributed by atoms with Crippen LogP contribution in [-0.4, -0.2) is 109 Å².